The zero-order valence-electron chi connectivity index (χ0n) is 23.0. The number of aliphatic hydroxyl groups is 3. The van der Waals surface area contributed by atoms with Crippen LogP contribution in [0.1, 0.15) is 58.3 Å². The molecule has 1 saturated carbocycles. The van der Waals surface area contributed by atoms with E-state index in [9.17, 15) is 49.8 Å². The van der Waals surface area contributed by atoms with Gasteiger partial charge >= 0.3 is 5.97 Å². The Balaban J connectivity index is 1.57. The number of allylic oxidation sites excluding steroid dienone is 3. The van der Waals surface area contributed by atoms with Gasteiger partial charge in [0.25, 0.3) is 5.60 Å². The van der Waals surface area contributed by atoms with Gasteiger partial charge in [0.15, 0.2) is 23.1 Å². The van der Waals surface area contributed by atoms with Gasteiger partial charge in [0.2, 0.25) is 0 Å². The molecule has 2 bridgehead atoms. The Hall–Kier alpha value is -4.81. The summed E-state index contributed by atoms with van der Waals surface area (Å²) in [6, 6.07) is 2.12. The van der Waals surface area contributed by atoms with Gasteiger partial charge in [-0.25, -0.2) is 4.79 Å². The minimum Gasteiger partial charge on any atom is -0.507 e. The predicted molar refractivity (Wildman–Crippen MR) is 150 cm³/mol. The second-order valence-electron chi connectivity index (χ2n) is 11.5. The SMILES string of the molecule is COC(=O)[C@@]12Oc3c(Cl)c4c(c(O)c3C(O)=C1C(=O)CC[C@@H]2O)[C@H]1C(=O)C2=C(O)c3c(O)ccc(O)c3C(=O)[C@@]2(C=C1C)C4. The number of esters is 1. The Labute approximate surface area is 252 Å². The Morgan fingerprint density at radius 1 is 1.00 bits per heavy atom. The molecule has 44 heavy (non-hydrogen) atoms. The first-order valence-electron chi connectivity index (χ1n) is 13.5. The van der Waals surface area contributed by atoms with E-state index in [2.05, 4.69) is 0 Å². The average molecular weight is 623 g/mol. The summed E-state index contributed by atoms with van der Waals surface area (Å²) in [5, 5.41) is 66.4. The van der Waals surface area contributed by atoms with Crippen LogP contribution in [0.2, 0.25) is 5.02 Å². The Kier molecular flexibility index (Phi) is 5.50. The highest BCUT2D eigenvalue weighted by Crippen LogP contribution is 2.63. The molecule has 4 atom stereocenters. The first-order valence-corrected chi connectivity index (χ1v) is 13.9. The van der Waals surface area contributed by atoms with E-state index in [0.717, 1.165) is 19.2 Å². The zero-order valence-corrected chi connectivity index (χ0v) is 23.8. The summed E-state index contributed by atoms with van der Waals surface area (Å²) in [5.41, 5.74) is -6.83. The highest BCUT2D eigenvalue weighted by atomic mass is 35.5. The lowest BCUT2D eigenvalue weighted by Gasteiger charge is -2.43. The van der Waals surface area contributed by atoms with Crippen LogP contribution in [0.3, 0.4) is 0 Å². The van der Waals surface area contributed by atoms with Crippen LogP contribution in [0.15, 0.2) is 34.9 Å². The predicted octanol–water partition coefficient (Wildman–Crippen LogP) is 3.07. The Morgan fingerprint density at radius 3 is 2.30 bits per heavy atom. The number of ketones is 3. The average Bonchev–Trinajstić information content (AvgIpc) is 3.19. The number of ether oxygens (including phenoxy) is 2. The molecule has 6 N–H and O–H groups in total. The van der Waals surface area contributed by atoms with Gasteiger partial charge in [0.05, 0.1) is 45.7 Å². The topological polar surface area (TPSA) is 208 Å². The van der Waals surface area contributed by atoms with E-state index in [0.29, 0.717) is 0 Å². The third kappa shape index (κ3) is 2.96. The number of phenols is 3. The Morgan fingerprint density at radius 2 is 1.64 bits per heavy atom. The van der Waals surface area contributed by atoms with E-state index in [-0.39, 0.29) is 34.6 Å². The van der Waals surface area contributed by atoms with Crippen LogP contribution in [0.25, 0.3) is 11.5 Å². The van der Waals surface area contributed by atoms with Gasteiger partial charge in [-0.2, -0.15) is 0 Å². The molecule has 0 amide bonds. The summed E-state index contributed by atoms with van der Waals surface area (Å²) >= 11 is 6.90. The molecule has 6 aliphatic rings. The van der Waals surface area contributed by atoms with E-state index in [1.807, 2.05) is 0 Å². The zero-order chi connectivity index (χ0) is 31.8. The maximum absolute atomic E-state index is 14.3. The third-order valence-corrected chi connectivity index (χ3v) is 9.79. The molecule has 1 spiro atoms. The smallest absolute Gasteiger partial charge is 0.358 e. The molecule has 0 saturated heterocycles. The van der Waals surface area contributed by atoms with Crippen molar-refractivity contribution in [1.29, 1.82) is 0 Å². The molecular weight excluding hydrogens is 600 g/mol. The van der Waals surface area contributed by atoms with Crippen molar-refractivity contribution in [3.63, 3.8) is 0 Å². The number of methoxy groups -OCH3 is 1. The first kappa shape index (κ1) is 28.0. The number of carbonyl (C=O) groups excluding carboxylic acids is 4. The molecule has 12 nitrogen and oxygen atoms in total. The van der Waals surface area contributed by atoms with Crippen molar-refractivity contribution in [1.82, 2.24) is 0 Å². The van der Waals surface area contributed by atoms with Crippen LogP contribution in [-0.2, 0) is 25.5 Å². The minimum atomic E-state index is -2.54. The van der Waals surface area contributed by atoms with E-state index in [4.69, 9.17) is 21.1 Å². The summed E-state index contributed by atoms with van der Waals surface area (Å²) in [6.45, 7) is 1.52. The summed E-state index contributed by atoms with van der Waals surface area (Å²) in [6.07, 6.45) is -1.21. The molecule has 1 aliphatic heterocycles. The van der Waals surface area contributed by atoms with Crippen LogP contribution in [-0.4, -0.2) is 72.8 Å². The van der Waals surface area contributed by atoms with Crippen molar-refractivity contribution in [3.05, 3.63) is 67.8 Å². The number of hydrogen-bond acceptors (Lipinski definition) is 12. The van der Waals surface area contributed by atoms with Gasteiger partial charge in [-0.1, -0.05) is 23.3 Å². The van der Waals surface area contributed by atoms with E-state index < -0.39 is 115 Å². The largest absolute Gasteiger partial charge is 0.507 e. The van der Waals surface area contributed by atoms with Crippen LogP contribution >= 0.6 is 11.6 Å². The highest BCUT2D eigenvalue weighted by molar-refractivity contribution is 6.34. The van der Waals surface area contributed by atoms with Crippen LogP contribution in [0, 0.1) is 5.41 Å². The second-order valence-corrected chi connectivity index (χ2v) is 11.9. The molecule has 0 aromatic heterocycles. The van der Waals surface area contributed by atoms with Gasteiger partial charge < -0.3 is 40.1 Å². The lowest BCUT2D eigenvalue weighted by molar-refractivity contribution is -0.169. The summed E-state index contributed by atoms with van der Waals surface area (Å²) in [7, 11) is 0.990. The normalized spacial score (nSPS) is 28.3. The quantitative estimate of drug-likeness (QED) is 0.154. The fraction of sp³-hybridized carbons (Fsp3) is 0.290. The van der Waals surface area contributed by atoms with Gasteiger partial charge in [-0.05, 0) is 37.5 Å². The summed E-state index contributed by atoms with van der Waals surface area (Å²) in [4.78, 5) is 54.7. The van der Waals surface area contributed by atoms with Gasteiger partial charge in [-0.3, -0.25) is 14.4 Å². The van der Waals surface area contributed by atoms with E-state index in [1.165, 1.54) is 13.0 Å². The molecule has 8 rings (SSSR count). The molecule has 1 heterocycles. The molecule has 2 aromatic rings. The van der Waals surface area contributed by atoms with Crippen LogP contribution in [0.4, 0.5) is 0 Å². The highest BCUT2D eigenvalue weighted by Gasteiger charge is 2.63. The maximum Gasteiger partial charge on any atom is 0.358 e. The monoisotopic (exact) mass is 622 g/mol. The lowest BCUT2D eigenvalue weighted by Crippen LogP contribution is -2.61. The van der Waals surface area contributed by atoms with Gasteiger partial charge in [0.1, 0.15) is 40.4 Å². The van der Waals surface area contributed by atoms with Crippen molar-refractivity contribution >= 4 is 46.4 Å². The summed E-state index contributed by atoms with van der Waals surface area (Å²) in [5.74, 6) is -9.01. The van der Waals surface area contributed by atoms with Crippen molar-refractivity contribution in [2.45, 2.75) is 43.8 Å². The molecule has 1 fully saturated rings. The molecular formula is C31H23ClO12. The fourth-order valence-corrected chi connectivity index (χ4v) is 7.84. The van der Waals surface area contributed by atoms with Crippen LogP contribution < -0.4 is 4.74 Å². The number of Topliss-reactive ketones (excluding diaryl/α,β-unsaturated/α-hetero) is 3. The van der Waals surface area contributed by atoms with Crippen molar-refractivity contribution in [2.75, 3.05) is 7.11 Å². The number of carbonyl (C=O) groups is 4. The first-order chi connectivity index (χ1) is 20.7. The molecule has 0 unspecified atom stereocenters. The number of aromatic hydroxyl groups is 3. The second kappa shape index (κ2) is 8.64. The number of benzene rings is 2. The molecule has 13 heteroatoms. The number of aliphatic hydroxyl groups excluding tert-OH is 3. The number of halogens is 1. The number of rotatable bonds is 1. The molecule has 2 aromatic carbocycles. The molecule has 226 valence electrons. The standard InChI is InChI=1S/C31H23ClO12/c1-9-7-30-8-10-16(15(9)24(38)21(30)25(39)17-11(33)3-4-12(34)18(17)28(30)41)23(37)19-26(40)20-13(35)5-6-14(36)31(20,29(42)43-2)44-27(19)22(10)32/h3-4,7,14-15,33-34,36-37,39-40H,5-6,8H2,1-2H3/t14-,15-,30-,31-/m0/s1. The maximum atomic E-state index is 14.3. The third-order valence-electron chi connectivity index (χ3n) is 9.39. The number of phenolic OH excluding ortho intramolecular Hbond substituents is 3. The van der Waals surface area contributed by atoms with E-state index in [1.54, 1.807) is 0 Å². The van der Waals surface area contributed by atoms with Gasteiger partial charge in [0, 0.05) is 12.0 Å². The van der Waals surface area contributed by atoms with Gasteiger partial charge in [-0.15, -0.1) is 0 Å². The Bertz CT molecular complexity index is 1930. The van der Waals surface area contributed by atoms with Crippen molar-refractivity contribution in [2.24, 2.45) is 5.41 Å². The van der Waals surface area contributed by atoms with E-state index >= 15 is 0 Å². The number of fused-ring (bicyclic) bond motifs is 3. The van der Waals surface area contributed by atoms with Crippen LogP contribution in [0.5, 0.6) is 23.0 Å². The summed E-state index contributed by atoms with van der Waals surface area (Å²) < 4.78 is 10.8. The fourth-order valence-electron chi connectivity index (χ4n) is 7.54. The van der Waals surface area contributed by atoms with Crippen molar-refractivity contribution in [3.8, 4) is 23.0 Å². The minimum absolute atomic E-state index is 0.0264. The van der Waals surface area contributed by atoms with Crippen molar-refractivity contribution < 1.29 is 59.3 Å². The molecule has 0 radical (unpaired) electrons. The molecule has 5 aliphatic carbocycles. The number of hydrogen-bond donors (Lipinski definition) is 6. The lowest BCUT2D eigenvalue weighted by atomic mass is 9.61.